The molecule has 1 atom stereocenters. The van der Waals surface area contributed by atoms with Crippen LogP contribution >= 0.6 is 0 Å². The zero-order valence-corrected chi connectivity index (χ0v) is 18.0. The third kappa shape index (κ3) is 6.05. The van der Waals surface area contributed by atoms with Crippen molar-refractivity contribution in [1.82, 2.24) is 9.80 Å². The Morgan fingerprint density at radius 2 is 1.97 bits per heavy atom. The van der Waals surface area contributed by atoms with Crippen LogP contribution in [0.15, 0.2) is 53.5 Å². The van der Waals surface area contributed by atoms with E-state index in [0.29, 0.717) is 18.8 Å². The van der Waals surface area contributed by atoms with E-state index in [1.807, 2.05) is 12.1 Å². The monoisotopic (exact) mass is 440 g/mol. The van der Waals surface area contributed by atoms with Crippen LogP contribution in [0.25, 0.3) is 0 Å². The number of nitrogens with one attached hydrogen (secondary N) is 1. The summed E-state index contributed by atoms with van der Waals surface area (Å²) in [6.07, 6.45) is 2.20. The third-order valence-corrected chi connectivity index (χ3v) is 5.80. The fourth-order valence-electron chi connectivity index (χ4n) is 4.07. The number of aliphatic imine (C=N–C) groups is 1. The second-order valence-corrected chi connectivity index (χ2v) is 8.20. The van der Waals surface area contributed by atoms with Crippen molar-refractivity contribution >= 4 is 17.6 Å². The summed E-state index contributed by atoms with van der Waals surface area (Å²) >= 11 is 0. The number of halogens is 1. The Bertz CT molecular complexity index is 954. The van der Waals surface area contributed by atoms with Crippen molar-refractivity contribution < 1.29 is 19.0 Å². The number of carboxylic acids is 1. The largest absolute Gasteiger partial charge is 0.478 e. The third-order valence-electron chi connectivity index (χ3n) is 5.80. The number of carboxylic acid groups (broad SMARTS) is 1. The summed E-state index contributed by atoms with van der Waals surface area (Å²) in [5, 5.41) is 12.6. The zero-order chi connectivity index (χ0) is 22.3. The van der Waals surface area contributed by atoms with Gasteiger partial charge in [0.05, 0.1) is 18.2 Å². The summed E-state index contributed by atoms with van der Waals surface area (Å²) in [7, 11) is 0. The van der Waals surface area contributed by atoms with Crippen molar-refractivity contribution in [2.75, 3.05) is 44.6 Å². The van der Waals surface area contributed by atoms with Gasteiger partial charge in [0.1, 0.15) is 5.82 Å². The van der Waals surface area contributed by atoms with Gasteiger partial charge < -0.3 is 20.1 Å². The van der Waals surface area contributed by atoms with Crippen LogP contribution in [0, 0.1) is 5.82 Å². The smallest absolute Gasteiger partial charge is 0.335 e. The van der Waals surface area contributed by atoms with Crippen LogP contribution in [0.5, 0.6) is 0 Å². The first-order chi connectivity index (χ1) is 15.6. The predicted octanol–water partition coefficient (Wildman–Crippen LogP) is 3.29. The number of piperazine rings is 1. The van der Waals surface area contributed by atoms with Gasteiger partial charge in [0, 0.05) is 45.0 Å². The molecule has 1 unspecified atom stereocenters. The molecule has 4 rings (SSSR count). The minimum atomic E-state index is -0.961. The van der Waals surface area contributed by atoms with Gasteiger partial charge in [0.15, 0.2) is 5.96 Å². The number of carbonyl (C=O) groups is 1. The Morgan fingerprint density at radius 3 is 2.69 bits per heavy atom. The Morgan fingerprint density at radius 1 is 1.16 bits per heavy atom. The van der Waals surface area contributed by atoms with E-state index < -0.39 is 5.97 Å². The van der Waals surface area contributed by atoms with Gasteiger partial charge in [-0.1, -0.05) is 18.2 Å². The molecule has 2 aromatic carbocycles. The van der Waals surface area contributed by atoms with Crippen molar-refractivity contribution in [1.29, 1.82) is 0 Å². The molecule has 0 bridgehead atoms. The SMILES string of the molecule is O=C(O)c1cccc(NC(=NCC2CCCO2)N2CCN(Cc3cccc(F)c3)CC2)c1. The first-order valence-corrected chi connectivity index (χ1v) is 11.0. The molecule has 0 aliphatic carbocycles. The molecule has 8 heteroatoms. The molecule has 32 heavy (non-hydrogen) atoms. The van der Waals surface area contributed by atoms with E-state index in [1.54, 1.807) is 30.3 Å². The number of benzene rings is 2. The highest BCUT2D eigenvalue weighted by molar-refractivity contribution is 5.95. The van der Waals surface area contributed by atoms with Crippen molar-refractivity contribution in [2.45, 2.75) is 25.5 Å². The normalized spacial score (nSPS) is 19.8. The molecule has 0 radical (unpaired) electrons. The van der Waals surface area contributed by atoms with Gasteiger partial charge in [-0.25, -0.2) is 9.18 Å². The Hall–Kier alpha value is -2.97. The molecule has 2 fully saturated rings. The number of rotatable bonds is 6. The topological polar surface area (TPSA) is 77.4 Å². The van der Waals surface area contributed by atoms with Crippen LogP contribution in [0.2, 0.25) is 0 Å². The van der Waals surface area contributed by atoms with E-state index in [-0.39, 0.29) is 17.5 Å². The lowest BCUT2D eigenvalue weighted by Gasteiger charge is -2.36. The maximum Gasteiger partial charge on any atom is 0.335 e. The number of hydrogen-bond donors (Lipinski definition) is 2. The van der Waals surface area contributed by atoms with Gasteiger partial charge in [-0.05, 0) is 48.7 Å². The lowest BCUT2D eigenvalue weighted by atomic mass is 10.2. The van der Waals surface area contributed by atoms with Crippen LogP contribution < -0.4 is 5.32 Å². The standard InChI is InChI=1S/C24H29FN4O3/c25-20-6-1-4-18(14-20)17-28-9-11-29(12-10-28)24(26-16-22-8-3-13-32-22)27-21-7-2-5-19(15-21)23(30)31/h1-2,4-7,14-15,22H,3,8-13,16-17H2,(H,26,27)(H,30,31). The highest BCUT2D eigenvalue weighted by Crippen LogP contribution is 2.16. The van der Waals surface area contributed by atoms with E-state index in [0.717, 1.165) is 57.2 Å². The van der Waals surface area contributed by atoms with Gasteiger partial charge in [-0.2, -0.15) is 0 Å². The second kappa shape index (κ2) is 10.6. The number of ether oxygens (including phenoxy) is 1. The summed E-state index contributed by atoms with van der Waals surface area (Å²) in [5.74, 6) is -0.441. The maximum atomic E-state index is 13.5. The van der Waals surface area contributed by atoms with Crippen LogP contribution in [-0.4, -0.2) is 72.3 Å². The highest BCUT2D eigenvalue weighted by atomic mass is 19.1. The molecule has 2 aliphatic rings. The van der Waals surface area contributed by atoms with E-state index in [9.17, 15) is 14.3 Å². The van der Waals surface area contributed by atoms with E-state index in [1.165, 1.54) is 6.07 Å². The van der Waals surface area contributed by atoms with Crippen molar-refractivity contribution in [2.24, 2.45) is 4.99 Å². The molecule has 2 N–H and O–H groups in total. The molecule has 7 nitrogen and oxygen atoms in total. The molecule has 0 aromatic heterocycles. The molecule has 0 spiro atoms. The lowest BCUT2D eigenvalue weighted by Crippen LogP contribution is -2.50. The summed E-state index contributed by atoms with van der Waals surface area (Å²) in [4.78, 5) is 20.6. The molecular formula is C24H29FN4O3. The van der Waals surface area contributed by atoms with Crippen molar-refractivity contribution in [3.8, 4) is 0 Å². The molecular weight excluding hydrogens is 411 g/mol. The van der Waals surface area contributed by atoms with Crippen LogP contribution in [0.3, 0.4) is 0 Å². The van der Waals surface area contributed by atoms with Gasteiger partial charge in [0.25, 0.3) is 0 Å². The number of guanidine groups is 1. The molecule has 0 saturated carbocycles. The van der Waals surface area contributed by atoms with Crippen molar-refractivity contribution in [3.05, 3.63) is 65.5 Å². The number of anilines is 1. The van der Waals surface area contributed by atoms with E-state index in [4.69, 9.17) is 9.73 Å². The zero-order valence-electron chi connectivity index (χ0n) is 18.0. The van der Waals surface area contributed by atoms with Gasteiger partial charge >= 0.3 is 5.97 Å². The maximum absolute atomic E-state index is 13.5. The average molecular weight is 441 g/mol. The quantitative estimate of drug-likeness (QED) is 0.530. The fourth-order valence-corrected chi connectivity index (χ4v) is 4.07. The van der Waals surface area contributed by atoms with Gasteiger partial charge in [-0.15, -0.1) is 0 Å². The molecule has 2 saturated heterocycles. The second-order valence-electron chi connectivity index (χ2n) is 8.20. The predicted molar refractivity (Wildman–Crippen MR) is 122 cm³/mol. The molecule has 2 aromatic rings. The lowest BCUT2D eigenvalue weighted by molar-refractivity contribution is 0.0697. The molecule has 2 aliphatic heterocycles. The first-order valence-electron chi connectivity index (χ1n) is 11.0. The highest BCUT2D eigenvalue weighted by Gasteiger charge is 2.22. The average Bonchev–Trinajstić information content (AvgIpc) is 3.31. The van der Waals surface area contributed by atoms with Gasteiger partial charge in [0.2, 0.25) is 0 Å². The fraction of sp³-hybridized carbons (Fsp3) is 0.417. The van der Waals surface area contributed by atoms with Crippen LogP contribution in [0.4, 0.5) is 10.1 Å². The van der Waals surface area contributed by atoms with Crippen LogP contribution in [-0.2, 0) is 11.3 Å². The summed E-state index contributed by atoms with van der Waals surface area (Å²) in [6.45, 7) is 5.25. The van der Waals surface area contributed by atoms with Crippen LogP contribution in [0.1, 0.15) is 28.8 Å². The summed E-state index contributed by atoms with van der Waals surface area (Å²) in [6, 6.07) is 13.5. The number of hydrogen-bond acceptors (Lipinski definition) is 4. The molecule has 170 valence electrons. The minimum absolute atomic E-state index is 0.131. The summed E-state index contributed by atoms with van der Waals surface area (Å²) < 4.78 is 19.2. The Kier molecular flexibility index (Phi) is 7.34. The van der Waals surface area contributed by atoms with Crippen molar-refractivity contribution in [3.63, 3.8) is 0 Å². The van der Waals surface area contributed by atoms with E-state index in [2.05, 4.69) is 15.1 Å². The molecule has 0 amide bonds. The Labute approximate surface area is 187 Å². The summed E-state index contributed by atoms with van der Waals surface area (Å²) in [5.41, 5.74) is 1.89. The minimum Gasteiger partial charge on any atom is -0.478 e. The first kappa shape index (κ1) is 22.2. The van der Waals surface area contributed by atoms with E-state index >= 15 is 0 Å². The Balaban J connectivity index is 1.42. The van der Waals surface area contributed by atoms with Gasteiger partial charge in [-0.3, -0.25) is 9.89 Å². The molecule has 2 heterocycles. The number of nitrogens with zero attached hydrogens (tertiary/aromatic N) is 3. The number of aromatic carboxylic acids is 1.